The van der Waals surface area contributed by atoms with Crippen molar-refractivity contribution in [1.29, 1.82) is 0 Å². The number of aliphatic carboxylic acids is 1. The van der Waals surface area contributed by atoms with Crippen molar-refractivity contribution in [1.82, 2.24) is 25.6 Å². The predicted octanol–water partition coefficient (Wildman–Crippen LogP) is -1.59. The smallest absolute Gasteiger partial charge is 0.435 e. The lowest BCUT2D eigenvalue weighted by atomic mass is 9.98. The Morgan fingerprint density at radius 3 is 2.41 bits per heavy atom. The van der Waals surface area contributed by atoms with Gasteiger partial charge in [0.25, 0.3) is 11.8 Å². The number of ether oxygens (including phenoxy) is 2. The van der Waals surface area contributed by atoms with Crippen LogP contribution in [-0.4, -0.2) is 104 Å². The van der Waals surface area contributed by atoms with Crippen molar-refractivity contribution in [3.63, 3.8) is 0 Å². The van der Waals surface area contributed by atoms with E-state index in [1.54, 1.807) is 0 Å². The maximum Gasteiger partial charge on any atom is 0.435 e. The van der Waals surface area contributed by atoms with E-state index in [2.05, 4.69) is 27.5 Å². The van der Waals surface area contributed by atoms with Crippen LogP contribution >= 0.6 is 0 Å². The molecule has 0 aliphatic carbocycles. The average molecular weight is 539 g/mol. The van der Waals surface area contributed by atoms with Crippen molar-refractivity contribution >= 4 is 17.8 Å². The van der Waals surface area contributed by atoms with Crippen molar-refractivity contribution in [3.05, 3.63) is 24.0 Å². The van der Waals surface area contributed by atoms with Gasteiger partial charge >= 0.3 is 12.1 Å². The molecule has 2 heterocycles. The molecule has 1 aliphatic rings. The van der Waals surface area contributed by atoms with Crippen LogP contribution in [0.2, 0.25) is 0 Å². The Morgan fingerprint density at radius 2 is 1.78 bits per heavy atom. The second-order valence-electron chi connectivity index (χ2n) is 7.92. The molecule has 1 aromatic rings. The summed E-state index contributed by atoms with van der Waals surface area (Å²) in [5.41, 5.74) is -2.40. The number of aliphatic hydroxyl groups excluding tert-OH is 3. The van der Waals surface area contributed by atoms with Crippen LogP contribution in [0, 0.1) is 0 Å². The third-order valence-corrected chi connectivity index (χ3v) is 5.15. The van der Waals surface area contributed by atoms with E-state index in [1.165, 1.54) is 6.08 Å². The number of carboxylic acids is 1. The van der Waals surface area contributed by atoms with Gasteiger partial charge in [-0.3, -0.25) is 14.4 Å². The highest BCUT2D eigenvalue weighted by molar-refractivity contribution is 5.93. The van der Waals surface area contributed by atoms with E-state index in [9.17, 15) is 42.9 Å². The van der Waals surface area contributed by atoms with E-state index in [1.807, 2.05) is 0 Å². The summed E-state index contributed by atoms with van der Waals surface area (Å²) in [6.45, 7) is 2.36. The second-order valence-corrected chi connectivity index (χ2v) is 7.92. The third-order valence-electron chi connectivity index (χ3n) is 5.15. The fourth-order valence-electron chi connectivity index (χ4n) is 3.35. The summed E-state index contributed by atoms with van der Waals surface area (Å²) in [5.74, 6) is -3.26. The number of nitrogens with one attached hydrogen (secondary N) is 2. The van der Waals surface area contributed by atoms with Crippen molar-refractivity contribution in [2.75, 3.05) is 19.7 Å². The zero-order valence-electron chi connectivity index (χ0n) is 19.4. The van der Waals surface area contributed by atoms with Gasteiger partial charge in [0.05, 0.1) is 6.61 Å². The van der Waals surface area contributed by atoms with E-state index in [0.717, 1.165) is 0 Å². The van der Waals surface area contributed by atoms with Crippen LogP contribution in [0.1, 0.15) is 35.4 Å². The van der Waals surface area contributed by atoms with Crippen LogP contribution in [-0.2, 0) is 31.8 Å². The number of aliphatic hydroxyl groups is 3. The fraction of sp³-hybridized carbons (Fsp3) is 0.650. The molecule has 1 saturated heterocycles. The number of hydrogen-bond acceptors (Lipinski definition) is 10. The van der Waals surface area contributed by atoms with Gasteiger partial charge < -0.3 is 40.5 Å². The number of nitrogens with zero attached hydrogens (tertiary/aromatic N) is 3. The molecule has 2 amide bonds. The monoisotopic (exact) mass is 539 g/mol. The summed E-state index contributed by atoms with van der Waals surface area (Å²) < 4.78 is 51.3. The Labute approximate surface area is 208 Å². The molecule has 14 nitrogen and oxygen atoms in total. The van der Waals surface area contributed by atoms with Gasteiger partial charge in [-0.2, -0.15) is 13.2 Å². The standard InChI is InChI=1S/C20H28F3N5O9/c1-2-9-36-19-14(33)12(31)13(32)15(37-19)18(35)25-7-6-24-17(34)11-16(20(21,22)23)28(27-26-11)8-4-3-5-10(29)30/h2,12-15,19,31-33H,1,3-9H2,(H,24,34)(H,25,35)(H,29,30)/t12-,13+,14+,15-,19+/m0/s1. The Bertz CT molecular complexity index is 958. The maximum absolute atomic E-state index is 13.5. The molecule has 37 heavy (non-hydrogen) atoms. The quantitative estimate of drug-likeness (QED) is 0.124. The molecule has 0 unspecified atom stereocenters. The van der Waals surface area contributed by atoms with E-state index < -0.39 is 66.1 Å². The Balaban J connectivity index is 1.92. The van der Waals surface area contributed by atoms with Gasteiger partial charge in [-0.15, -0.1) is 11.7 Å². The van der Waals surface area contributed by atoms with Crippen LogP contribution in [0.15, 0.2) is 12.7 Å². The molecule has 2 rings (SSSR count). The minimum Gasteiger partial charge on any atom is -0.481 e. The summed E-state index contributed by atoms with van der Waals surface area (Å²) >= 11 is 0. The number of aromatic nitrogens is 3. The first kappa shape index (κ1) is 30.1. The Morgan fingerprint density at radius 1 is 1.11 bits per heavy atom. The molecular formula is C20H28F3N5O9. The van der Waals surface area contributed by atoms with Crippen LogP contribution in [0.25, 0.3) is 0 Å². The highest BCUT2D eigenvalue weighted by Gasteiger charge is 2.47. The van der Waals surface area contributed by atoms with Crippen molar-refractivity contribution in [2.24, 2.45) is 0 Å². The second kappa shape index (κ2) is 13.4. The first-order valence-corrected chi connectivity index (χ1v) is 11.1. The van der Waals surface area contributed by atoms with Crippen molar-refractivity contribution in [2.45, 2.75) is 62.7 Å². The highest BCUT2D eigenvalue weighted by Crippen LogP contribution is 2.31. The van der Waals surface area contributed by atoms with Crippen molar-refractivity contribution in [3.8, 4) is 0 Å². The molecule has 1 aromatic heterocycles. The molecule has 0 spiro atoms. The van der Waals surface area contributed by atoms with Gasteiger partial charge in [0.1, 0.15) is 18.3 Å². The molecular weight excluding hydrogens is 511 g/mol. The lowest BCUT2D eigenvalue weighted by Gasteiger charge is -2.39. The molecule has 0 radical (unpaired) electrons. The molecule has 1 fully saturated rings. The number of unbranched alkanes of at least 4 members (excludes halogenated alkanes) is 1. The predicted molar refractivity (Wildman–Crippen MR) is 115 cm³/mol. The highest BCUT2D eigenvalue weighted by atomic mass is 19.4. The summed E-state index contributed by atoms with van der Waals surface area (Å²) in [4.78, 5) is 35.2. The van der Waals surface area contributed by atoms with Crippen LogP contribution in [0.5, 0.6) is 0 Å². The SMILES string of the molecule is C=CCO[C@@H]1O[C@H](C(=O)NCCNC(=O)c2nnn(CCCCC(=O)O)c2C(F)(F)F)[C@H](O)[C@H](O)[C@H]1O. The van der Waals surface area contributed by atoms with Crippen LogP contribution < -0.4 is 10.6 Å². The summed E-state index contributed by atoms with van der Waals surface area (Å²) in [7, 11) is 0. The number of alkyl halides is 3. The van der Waals surface area contributed by atoms with E-state index >= 15 is 0 Å². The summed E-state index contributed by atoms with van der Waals surface area (Å²) in [5, 5.41) is 49.6. The first-order chi connectivity index (χ1) is 17.4. The molecule has 208 valence electrons. The molecule has 6 N–H and O–H groups in total. The Kier molecular flexibility index (Phi) is 10.9. The molecule has 5 atom stereocenters. The van der Waals surface area contributed by atoms with Gasteiger partial charge in [0.2, 0.25) is 0 Å². The van der Waals surface area contributed by atoms with E-state index in [0.29, 0.717) is 4.68 Å². The number of carbonyl (C=O) groups excluding carboxylic acids is 2. The zero-order valence-corrected chi connectivity index (χ0v) is 19.4. The largest absolute Gasteiger partial charge is 0.481 e. The number of hydrogen-bond donors (Lipinski definition) is 6. The molecule has 0 saturated carbocycles. The number of aryl methyl sites for hydroxylation is 1. The lowest BCUT2D eigenvalue weighted by molar-refractivity contribution is -0.288. The minimum absolute atomic E-state index is 0.0616. The average Bonchev–Trinajstić information content (AvgIpc) is 3.27. The molecule has 1 aliphatic heterocycles. The van der Waals surface area contributed by atoms with Gasteiger partial charge in [0.15, 0.2) is 23.8 Å². The first-order valence-electron chi connectivity index (χ1n) is 11.1. The maximum atomic E-state index is 13.5. The fourth-order valence-corrected chi connectivity index (χ4v) is 3.35. The van der Waals surface area contributed by atoms with E-state index in [-0.39, 0.29) is 45.5 Å². The van der Waals surface area contributed by atoms with Crippen LogP contribution in [0.4, 0.5) is 13.2 Å². The third kappa shape index (κ3) is 8.19. The number of carbonyl (C=O) groups is 3. The minimum atomic E-state index is -4.97. The van der Waals surface area contributed by atoms with Crippen molar-refractivity contribution < 1.29 is 57.5 Å². The van der Waals surface area contributed by atoms with E-state index in [4.69, 9.17) is 14.6 Å². The normalized spacial score (nSPS) is 23.9. The van der Waals surface area contributed by atoms with Gasteiger partial charge in [-0.05, 0) is 12.8 Å². The number of carboxylic acid groups (broad SMARTS) is 1. The Hall–Kier alpha value is -3.12. The van der Waals surface area contributed by atoms with Gasteiger partial charge in [-0.1, -0.05) is 11.3 Å². The summed E-state index contributed by atoms with van der Waals surface area (Å²) in [6.07, 6.45) is -12.0. The lowest BCUT2D eigenvalue weighted by Crippen LogP contribution is -2.62. The number of rotatable bonds is 13. The molecule has 0 aromatic carbocycles. The molecule has 17 heteroatoms. The number of amides is 2. The number of halogens is 3. The van der Waals surface area contributed by atoms with Gasteiger partial charge in [-0.25, -0.2) is 4.68 Å². The van der Waals surface area contributed by atoms with Gasteiger partial charge in [0, 0.05) is 26.1 Å². The van der Waals surface area contributed by atoms with Crippen LogP contribution in [0.3, 0.4) is 0 Å². The molecule has 0 bridgehead atoms. The zero-order chi connectivity index (χ0) is 27.8. The topological polar surface area (TPSA) is 205 Å². The summed E-state index contributed by atoms with van der Waals surface area (Å²) in [6, 6.07) is 0.